The zero-order chi connectivity index (χ0) is 20.1. The van der Waals surface area contributed by atoms with Gasteiger partial charge >= 0.3 is 0 Å². The van der Waals surface area contributed by atoms with Crippen molar-refractivity contribution in [2.24, 2.45) is 5.41 Å². The van der Waals surface area contributed by atoms with Crippen molar-refractivity contribution in [3.63, 3.8) is 0 Å². The van der Waals surface area contributed by atoms with Crippen LogP contribution in [-0.4, -0.2) is 56.4 Å². The molecule has 0 bridgehead atoms. The Morgan fingerprint density at radius 3 is 2.69 bits per heavy atom. The van der Waals surface area contributed by atoms with E-state index in [1.54, 1.807) is 0 Å². The number of pyridine rings is 1. The fourth-order valence-corrected chi connectivity index (χ4v) is 4.75. The first-order valence-electron chi connectivity index (χ1n) is 11.1. The molecule has 0 radical (unpaired) electrons. The maximum absolute atomic E-state index is 12.5. The largest absolute Gasteiger partial charge is 0.342 e. The van der Waals surface area contributed by atoms with E-state index in [9.17, 15) is 4.79 Å². The summed E-state index contributed by atoms with van der Waals surface area (Å²) >= 11 is 0. The molecule has 6 heteroatoms. The molecular weight excluding hydrogens is 362 g/mol. The molecule has 2 saturated heterocycles. The van der Waals surface area contributed by atoms with Crippen LogP contribution in [0.3, 0.4) is 0 Å². The number of aromatic nitrogens is 3. The van der Waals surface area contributed by atoms with Gasteiger partial charge in [0, 0.05) is 51.2 Å². The van der Waals surface area contributed by atoms with Crippen molar-refractivity contribution in [3.05, 3.63) is 48.3 Å². The Morgan fingerprint density at radius 1 is 1.14 bits per heavy atom. The maximum Gasteiger partial charge on any atom is 0.222 e. The molecule has 0 aliphatic carbocycles. The summed E-state index contributed by atoms with van der Waals surface area (Å²) in [6.45, 7) is 8.03. The van der Waals surface area contributed by atoms with Gasteiger partial charge in [0.15, 0.2) is 0 Å². The molecule has 0 unspecified atom stereocenters. The Morgan fingerprint density at radius 2 is 2.00 bits per heavy atom. The second kappa shape index (κ2) is 9.08. The molecule has 29 heavy (non-hydrogen) atoms. The SMILES string of the molecule is CCc1ccc(CN2CCC3(CCC(=O)N(CCCn4ccnc4)C3)CC2)nc1. The summed E-state index contributed by atoms with van der Waals surface area (Å²) in [7, 11) is 0. The summed E-state index contributed by atoms with van der Waals surface area (Å²) in [5.41, 5.74) is 2.78. The average molecular weight is 396 g/mol. The number of imidazole rings is 1. The lowest BCUT2D eigenvalue weighted by Crippen LogP contribution is -2.51. The number of carbonyl (C=O) groups is 1. The van der Waals surface area contributed by atoms with Crippen LogP contribution in [0.2, 0.25) is 0 Å². The first-order chi connectivity index (χ1) is 14.2. The van der Waals surface area contributed by atoms with E-state index in [1.165, 1.54) is 18.4 Å². The fraction of sp³-hybridized carbons (Fsp3) is 0.609. The van der Waals surface area contributed by atoms with Crippen molar-refractivity contribution in [1.29, 1.82) is 0 Å². The smallest absolute Gasteiger partial charge is 0.222 e. The molecule has 4 heterocycles. The molecule has 0 aromatic carbocycles. The molecule has 0 atom stereocenters. The van der Waals surface area contributed by atoms with E-state index >= 15 is 0 Å². The van der Waals surface area contributed by atoms with Crippen LogP contribution in [0.15, 0.2) is 37.1 Å². The average Bonchev–Trinajstić information content (AvgIpc) is 3.27. The van der Waals surface area contributed by atoms with Gasteiger partial charge in [0.1, 0.15) is 0 Å². The third-order valence-corrected chi connectivity index (χ3v) is 6.75. The standard InChI is InChI=1S/C23H33N5O/c1-2-20-4-5-21(25-16-20)17-26-13-8-23(9-14-26)7-6-22(29)28(18-23)12-3-11-27-15-10-24-19-27/h4-5,10,15-16,19H,2-3,6-9,11-14,17-18H2,1H3. The minimum Gasteiger partial charge on any atom is -0.342 e. The van der Waals surface area contributed by atoms with Crippen LogP contribution >= 0.6 is 0 Å². The topological polar surface area (TPSA) is 54.3 Å². The quantitative estimate of drug-likeness (QED) is 0.723. The van der Waals surface area contributed by atoms with Gasteiger partial charge in [-0.2, -0.15) is 0 Å². The summed E-state index contributed by atoms with van der Waals surface area (Å²) in [4.78, 5) is 25.8. The first-order valence-corrected chi connectivity index (χ1v) is 11.1. The molecule has 0 N–H and O–H groups in total. The van der Waals surface area contributed by atoms with Gasteiger partial charge in [-0.15, -0.1) is 0 Å². The zero-order valence-electron chi connectivity index (χ0n) is 17.6. The molecule has 2 aliphatic heterocycles. The Balaban J connectivity index is 1.26. The van der Waals surface area contributed by atoms with Crippen molar-refractivity contribution in [2.45, 2.75) is 58.5 Å². The third kappa shape index (κ3) is 5.04. The van der Waals surface area contributed by atoms with Gasteiger partial charge in [0.05, 0.1) is 12.0 Å². The molecule has 156 valence electrons. The van der Waals surface area contributed by atoms with E-state index in [4.69, 9.17) is 0 Å². The highest BCUT2D eigenvalue weighted by Gasteiger charge is 2.40. The number of hydrogen-bond donors (Lipinski definition) is 0. The van der Waals surface area contributed by atoms with E-state index in [2.05, 4.69) is 43.4 Å². The molecule has 4 rings (SSSR count). The van der Waals surface area contributed by atoms with Gasteiger partial charge in [-0.25, -0.2) is 4.98 Å². The predicted molar refractivity (Wildman–Crippen MR) is 113 cm³/mol. The second-order valence-electron chi connectivity index (χ2n) is 8.76. The van der Waals surface area contributed by atoms with Gasteiger partial charge < -0.3 is 9.47 Å². The number of hydrogen-bond acceptors (Lipinski definition) is 4. The molecule has 6 nitrogen and oxygen atoms in total. The maximum atomic E-state index is 12.5. The molecule has 2 aromatic rings. The monoisotopic (exact) mass is 395 g/mol. The number of amides is 1. The van der Waals surface area contributed by atoms with Gasteiger partial charge in [0.2, 0.25) is 5.91 Å². The van der Waals surface area contributed by atoms with Crippen LogP contribution in [0, 0.1) is 5.41 Å². The summed E-state index contributed by atoms with van der Waals surface area (Å²) in [5.74, 6) is 0.337. The highest BCUT2D eigenvalue weighted by molar-refractivity contribution is 5.77. The predicted octanol–water partition coefficient (Wildman–Crippen LogP) is 3.14. The molecule has 0 saturated carbocycles. The summed E-state index contributed by atoms with van der Waals surface area (Å²) in [6.07, 6.45) is 13.8. The number of aryl methyl sites for hydroxylation is 2. The van der Waals surface area contributed by atoms with E-state index < -0.39 is 0 Å². The molecule has 2 aliphatic rings. The molecule has 2 fully saturated rings. The number of nitrogens with zero attached hydrogens (tertiary/aromatic N) is 5. The molecule has 1 spiro atoms. The van der Waals surface area contributed by atoms with Crippen LogP contribution in [0.25, 0.3) is 0 Å². The van der Waals surface area contributed by atoms with E-state index in [-0.39, 0.29) is 0 Å². The minimum atomic E-state index is 0.318. The van der Waals surface area contributed by atoms with Crippen LogP contribution < -0.4 is 0 Å². The molecule has 2 aromatic heterocycles. The highest BCUT2D eigenvalue weighted by atomic mass is 16.2. The van der Waals surface area contributed by atoms with E-state index in [1.807, 2.05) is 24.9 Å². The van der Waals surface area contributed by atoms with Crippen LogP contribution in [0.5, 0.6) is 0 Å². The van der Waals surface area contributed by atoms with Crippen molar-refractivity contribution in [2.75, 3.05) is 26.2 Å². The Labute approximate surface area is 173 Å². The van der Waals surface area contributed by atoms with E-state index in [0.29, 0.717) is 17.7 Å². The number of likely N-dealkylation sites (tertiary alicyclic amines) is 2. The van der Waals surface area contributed by atoms with Gasteiger partial charge in [-0.3, -0.25) is 14.7 Å². The summed E-state index contributed by atoms with van der Waals surface area (Å²) in [5, 5.41) is 0. The second-order valence-corrected chi connectivity index (χ2v) is 8.76. The normalized spacial score (nSPS) is 19.8. The van der Waals surface area contributed by atoms with Crippen LogP contribution in [-0.2, 0) is 24.3 Å². The van der Waals surface area contributed by atoms with Crippen molar-refractivity contribution < 1.29 is 4.79 Å². The number of piperidine rings is 2. The molecular formula is C23H33N5O. The summed E-state index contributed by atoms with van der Waals surface area (Å²) < 4.78 is 2.09. The lowest BCUT2D eigenvalue weighted by Gasteiger charge is -2.47. The summed E-state index contributed by atoms with van der Waals surface area (Å²) in [6, 6.07) is 4.37. The Hall–Kier alpha value is -2.21. The number of rotatable bonds is 7. The first kappa shape index (κ1) is 20.1. The van der Waals surface area contributed by atoms with Crippen LogP contribution in [0.1, 0.15) is 50.3 Å². The Bertz CT molecular complexity index is 778. The van der Waals surface area contributed by atoms with Crippen molar-refractivity contribution in [3.8, 4) is 0 Å². The molecule has 1 amide bonds. The van der Waals surface area contributed by atoms with Gasteiger partial charge in [-0.05, 0) is 62.2 Å². The lowest BCUT2D eigenvalue weighted by molar-refractivity contribution is -0.139. The third-order valence-electron chi connectivity index (χ3n) is 6.75. The minimum absolute atomic E-state index is 0.318. The lowest BCUT2D eigenvalue weighted by atomic mass is 9.72. The van der Waals surface area contributed by atoms with Crippen molar-refractivity contribution >= 4 is 5.91 Å². The van der Waals surface area contributed by atoms with Crippen LogP contribution in [0.4, 0.5) is 0 Å². The number of carbonyl (C=O) groups excluding carboxylic acids is 1. The Kier molecular flexibility index (Phi) is 6.28. The van der Waals surface area contributed by atoms with Crippen molar-refractivity contribution in [1.82, 2.24) is 24.3 Å². The highest BCUT2D eigenvalue weighted by Crippen LogP contribution is 2.40. The van der Waals surface area contributed by atoms with Gasteiger partial charge in [-0.1, -0.05) is 13.0 Å². The van der Waals surface area contributed by atoms with E-state index in [0.717, 1.165) is 64.2 Å². The van der Waals surface area contributed by atoms with Gasteiger partial charge in [0.25, 0.3) is 0 Å². The fourth-order valence-electron chi connectivity index (χ4n) is 4.75. The zero-order valence-corrected chi connectivity index (χ0v) is 17.6.